The summed E-state index contributed by atoms with van der Waals surface area (Å²) in [5, 5.41) is 8.93. The molecule has 0 heterocycles. The molecule has 2 atom stereocenters. The van der Waals surface area contributed by atoms with Crippen LogP contribution in [0.3, 0.4) is 0 Å². The Morgan fingerprint density at radius 3 is 2.44 bits per heavy atom. The number of aliphatic hydroxyl groups excluding tert-OH is 1. The van der Waals surface area contributed by atoms with Crippen LogP contribution >= 0.6 is 0 Å². The molecule has 0 spiro atoms. The van der Waals surface area contributed by atoms with Crippen molar-refractivity contribution in [1.82, 2.24) is 4.90 Å². The van der Waals surface area contributed by atoms with Gasteiger partial charge in [-0.2, -0.15) is 0 Å². The number of carbonyl (C=O) groups is 1. The van der Waals surface area contributed by atoms with Crippen LogP contribution in [-0.4, -0.2) is 41.7 Å². The Morgan fingerprint density at radius 1 is 1.38 bits per heavy atom. The number of carbonyl (C=O) groups excluding carboxylic acids is 1. The summed E-state index contributed by atoms with van der Waals surface area (Å²) in [7, 11) is 0. The zero-order valence-corrected chi connectivity index (χ0v) is 10.8. The minimum absolute atomic E-state index is 0.00266. The lowest BCUT2D eigenvalue weighted by Crippen LogP contribution is -2.48. The summed E-state index contributed by atoms with van der Waals surface area (Å²) >= 11 is 0. The molecule has 0 saturated heterocycles. The number of aliphatic hydroxyl groups is 1. The largest absolute Gasteiger partial charge is 0.395 e. The summed E-state index contributed by atoms with van der Waals surface area (Å²) < 4.78 is 0. The zero-order chi connectivity index (χ0) is 12.6. The summed E-state index contributed by atoms with van der Waals surface area (Å²) in [5.74, 6) is 0.159. The minimum Gasteiger partial charge on any atom is -0.395 e. The quantitative estimate of drug-likeness (QED) is 0.653. The van der Waals surface area contributed by atoms with Gasteiger partial charge in [-0.15, -0.1) is 0 Å². The van der Waals surface area contributed by atoms with Gasteiger partial charge in [-0.3, -0.25) is 4.79 Å². The molecule has 0 radical (unpaired) electrons. The van der Waals surface area contributed by atoms with Crippen LogP contribution in [0.25, 0.3) is 0 Å². The molecule has 0 saturated carbocycles. The Morgan fingerprint density at radius 2 is 2.00 bits per heavy atom. The maximum Gasteiger partial charge on any atom is 0.239 e. The summed E-state index contributed by atoms with van der Waals surface area (Å²) in [4.78, 5) is 13.7. The highest BCUT2D eigenvalue weighted by molar-refractivity contribution is 5.81. The van der Waals surface area contributed by atoms with Crippen LogP contribution in [0.2, 0.25) is 0 Å². The van der Waals surface area contributed by atoms with Gasteiger partial charge in [0.05, 0.1) is 12.6 Å². The van der Waals surface area contributed by atoms with E-state index in [4.69, 9.17) is 10.8 Å². The molecule has 4 nitrogen and oxygen atoms in total. The molecule has 1 amide bonds. The molecule has 0 aliphatic rings. The molecule has 0 aliphatic heterocycles. The lowest BCUT2D eigenvalue weighted by molar-refractivity contribution is -0.134. The molecular weight excluding hydrogens is 204 g/mol. The molecule has 0 aromatic rings. The van der Waals surface area contributed by atoms with Gasteiger partial charge in [-0.1, -0.05) is 33.6 Å². The van der Waals surface area contributed by atoms with Crippen LogP contribution in [0.5, 0.6) is 0 Å². The van der Waals surface area contributed by atoms with Crippen molar-refractivity contribution < 1.29 is 9.90 Å². The van der Waals surface area contributed by atoms with Crippen LogP contribution in [0, 0.1) is 5.92 Å². The van der Waals surface area contributed by atoms with Crippen molar-refractivity contribution >= 4 is 5.91 Å². The SMILES string of the molecule is CCCCN(CCO)C(=O)[C@@H](N)C(C)CC. The number of hydrogen-bond donors (Lipinski definition) is 2. The van der Waals surface area contributed by atoms with Crippen LogP contribution in [0.1, 0.15) is 40.0 Å². The molecule has 0 aromatic heterocycles. The van der Waals surface area contributed by atoms with Gasteiger partial charge in [0.2, 0.25) is 5.91 Å². The molecule has 3 N–H and O–H groups in total. The third-order valence-corrected chi connectivity index (χ3v) is 3.01. The van der Waals surface area contributed by atoms with Crippen LogP contribution in [-0.2, 0) is 4.79 Å². The van der Waals surface area contributed by atoms with Gasteiger partial charge in [0.25, 0.3) is 0 Å². The van der Waals surface area contributed by atoms with Gasteiger partial charge in [-0.05, 0) is 12.3 Å². The van der Waals surface area contributed by atoms with Gasteiger partial charge in [0.15, 0.2) is 0 Å². The van der Waals surface area contributed by atoms with E-state index in [2.05, 4.69) is 6.92 Å². The van der Waals surface area contributed by atoms with E-state index < -0.39 is 6.04 Å². The molecule has 1 unspecified atom stereocenters. The number of nitrogens with zero attached hydrogens (tertiary/aromatic N) is 1. The van der Waals surface area contributed by atoms with Crippen LogP contribution in [0.15, 0.2) is 0 Å². The number of rotatable bonds is 8. The van der Waals surface area contributed by atoms with Gasteiger partial charge in [-0.25, -0.2) is 0 Å². The van der Waals surface area contributed by atoms with Crippen molar-refractivity contribution in [3.05, 3.63) is 0 Å². The van der Waals surface area contributed by atoms with Crippen LogP contribution in [0.4, 0.5) is 0 Å². The lowest BCUT2D eigenvalue weighted by Gasteiger charge is -2.27. The molecule has 96 valence electrons. The molecule has 16 heavy (non-hydrogen) atoms. The fraction of sp³-hybridized carbons (Fsp3) is 0.917. The van der Waals surface area contributed by atoms with Gasteiger partial charge in [0, 0.05) is 13.1 Å². The second-order valence-corrected chi connectivity index (χ2v) is 4.31. The molecule has 0 fully saturated rings. The first-order chi connectivity index (χ1) is 7.58. The van der Waals surface area contributed by atoms with E-state index in [0.717, 1.165) is 19.3 Å². The highest BCUT2D eigenvalue weighted by atomic mass is 16.3. The molecule has 4 heteroatoms. The van der Waals surface area contributed by atoms with E-state index in [-0.39, 0.29) is 18.4 Å². The highest BCUT2D eigenvalue weighted by Crippen LogP contribution is 2.09. The van der Waals surface area contributed by atoms with Crippen molar-refractivity contribution in [1.29, 1.82) is 0 Å². The van der Waals surface area contributed by atoms with E-state index >= 15 is 0 Å². The summed E-state index contributed by atoms with van der Waals surface area (Å²) in [6.07, 6.45) is 2.89. The van der Waals surface area contributed by atoms with Crippen molar-refractivity contribution in [2.24, 2.45) is 11.7 Å². The first kappa shape index (κ1) is 15.4. The Labute approximate surface area is 98.8 Å². The molecule has 0 bridgehead atoms. The third kappa shape index (κ3) is 4.94. The molecular formula is C12H26N2O2. The first-order valence-corrected chi connectivity index (χ1v) is 6.23. The highest BCUT2D eigenvalue weighted by Gasteiger charge is 2.24. The number of amides is 1. The minimum atomic E-state index is -0.437. The van der Waals surface area contributed by atoms with Gasteiger partial charge in [0.1, 0.15) is 0 Å². The number of unbranched alkanes of at least 4 members (excludes halogenated alkanes) is 1. The summed E-state index contributed by atoms with van der Waals surface area (Å²) in [5.41, 5.74) is 5.90. The monoisotopic (exact) mass is 230 g/mol. The van der Waals surface area contributed by atoms with E-state index in [9.17, 15) is 4.79 Å². The lowest BCUT2D eigenvalue weighted by atomic mass is 9.99. The first-order valence-electron chi connectivity index (χ1n) is 6.23. The molecule has 0 rings (SSSR count). The average Bonchev–Trinajstić information content (AvgIpc) is 2.31. The normalized spacial score (nSPS) is 14.6. The number of hydrogen-bond acceptors (Lipinski definition) is 3. The van der Waals surface area contributed by atoms with E-state index in [1.807, 2.05) is 13.8 Å². The Balaban J connectivity index is 4.34. The second-order valence-electron chi connectivity index (χ2n) is 4.31. The van der Waals surface area contributed by atoms with E-state index in [0.29, 0.717) is 13.1 Å². The topological polar surface area (TPSA) is 66.6 Å². The summed E-state index contributed by atoms with van der Waals surface area (Å²) in [6.45, 7) is 7.18. The van der Waals surface area contributed by atoms with Gasteiger partial charge >= 0.3 is 0 Å². The number of nitrogens with two attached hydrogens (primary N) is 1. The third-order valence-electron chi connectivity index (χ3n) is 3.01. The fourth-order valence-corrected chi connectivity index (χ4v) is 1.51. The van der Waals surface area contributed by atoms with E-state index in [1.165, 1.54) is 0 Å². The molecule has 0 aromatic carbocycles. The fourth-order valence-electron chi connectivity index (χ4n) is 1.51. The maximum atomic E-state index is 12.0. The van der Waals surface area contributed by atoms with Crippen LogP contribution < -0.4 is 5.73 Å². The van der Waals surface area contributed by atoms with E-state index in [1.54, 1.807) is 4.90 Å². The van der Waals surface area contributed by atoms with Gasteiger partial charge < -0.3 is 15.7 Å². The smallest absolute Gasteiger partial charge is 0.239 e. The van der Waals surface area contributed by atoms with Crippen molar-refractivity contribution in [3.8, 4) is 0 Å². The molecule has 0 aliphatic carbocycles. The standard InChI is InChI=1S/C12H26N2O2/c1-4-6-7-14(8-9-15)12(16)11(13)10(3)5-2/h10-11,15H,4-9,13H2,1-3H3/t10?,11-/m0/s1. The second kappa shape index (κ2) is 8.53. The predicted molar refractivity (Wildman–Crippen MR) is 66.0 cm³/mol. The van der Waals surface area contributed by atoms with Crippen molar-refractivity contribution in [2.45, 2.75) is 46.1 Å². The predicted octanol–water partition coefficient (Wildman–Crippen LogP) is 0.981. The summed E-state index contributed by atoms with van der Waals surface area (Å²) in [6, 6.07) is -0.437. The van der Waals surface area contributed by atoms with Crippen molar-refractivity contribution in [2.75, 3.05) is 19.7 Å². The zero-order valence-electron chi connectivity index (χ0n) is 10.8. The Bertz CT molecular complexity index is 197. The Hall–Kier alpha value is -0.610. The maximum absolute atomic E-state index is 12.0. The Kier molecular flexibility index (Phi) is 8.21. The average molecular weight is 230 g/mol. The van der Waals surface area contributed by atoms with Crippen molar-refractivity contribution in [3.63, 3.8) is 0 Å².